The Morgan fingerprint density at radius 1 is 1.35 bits per heavy atom. The minimum atomic E-state index is -0.406. The van der Waals surface area contributed by atoms with Crippen LogP contribution in [0.15, 0.2) is 24.3 Å². The molecule has 0 radical (unpaired) electrons. The first kappa shape index (κ1) is 15.1. The number of aryl methyl sites for hydroxylation is 1. The summed E-state index contributed by atoms with van der Waals surface area (Å²) in [4.78, 5) is 10.6. The zero-order chi connectivity index (χ0) is 14.9. The summed E-state index contributed by atoms with van der Waals surface area (Å²) in [7, 11) is 0. The fraction of sp³-hybridized carbons (Fsp3) is 0.231. The fourth-order valence-electron chi connectivity index (χ4n) is 1.88. The van der Waals surface area contributed by atoms with Gasteiger partial charge in [0.2, 0.25) is 0 Å². The molecular weight excluding hydrogens is 319 g/mol. The summed E-state index contributed by atoms with van der Waals surface area (Å²) in [6, 6.07) is 6.55. The van der Waals surface area contributed by atoms with Gasteiger partial charge in [0.05, 0.1) is 19.6 Å². The highest BCUT2D eigenvalue weighted by Crippen LogP contribution is 2.37. The van der Waals surface area contributed by atoms with E-state index in [-0.39, 0.29) is 11.7 Å². The molecule has 0 saturated heterocycles. The number of nitrogens with zero attached hydrogens (tertiary/aromatic N) is 1. The van der Waals surface area contributed by atoms with Crippen molar-refractivity contribution in [3.8, 4) is 0 Å². The first-order valence-electron chi connectivity index (χ1n) is 5.85. The van der Waals surface area contributed by atoms with Crippen LogP contribution in [0.4, 0.5) is 11.4 Å². The lowest BCUT2D eigenvalue weighted by molar-refractivity contribution is -0.384. The molecule has 1 unspecified atom stereocenters. The van der Waals surface area contributed by atoms with Crippen LogP contribution in [0.25, 0.3) is 0 Å². The number of nitro groups is 1. The molecule has 2 rings (SSSR count). The molecular formula is C13H12Cl2N2O2S. The fourth-order valence-corrected chi connectivity index (χ4v) is 3.53. The van der Waals surface area contributed by atoms with E-state index in [4.69, 9.17) is 23.2 Å². The molecule has 0 spiro atoms. The number of benzene rings is 1. The van der Waals surface area contributed by atoms with Gasteiger partial charge in [-0.1, -0.05) is 29.3 Å². The maximum absolute atomic E-state index is 11.0. The van der Waals surface area contributed by atoms with Gasteiger partial charge in [0, 0.05) is 11.6 Å². The minimum Gasteiger partial charge on any atom is -0.373 e. The molecule has 106 valence electrons. The van der Waals surface area contributed by atoms with Crippen LogP contribution in [-0.4, -0.2) is 4.92 Å². The van der Waals surface area contributed by atoms with Gasteiger partial charge in [-0.15, -0.1) is 11.3 Å². The van der Waals surface area contributed by atoms with E-state index in [2.05, 4.69) is 5.32 Å². The standard InChI is InChI=1S/C13H12Cl2N2O2S/c1-7-3-4-11(17(18)19)10(5-7)16-8(2)9-6-12(14)20-13(9)15/h3-6,8,16H,1-2H3. The Hall–Kier alpha value is -1.30. The largest absolute Gasteiger partial charge is 0.373 e. The molecule has 0 saturated carbocycles. The molecule has 1 aromatic heterocycles. The molecule has 0 bridgehead atoms. The Bertz CT molecular complexity index is 658. The van der Waals surface area contributed by atoms with Gasteiger partial charge in [0.15, 0.2) is 0 Å². The van der Waals surface area contributed by atoms with Gasteiger partial charge in [-0.05, 0) is 31.5 Å². The van der Waals surface area contributed by atoms with Crippen LogP contribution in [0, 0.1) is 17.0 Å². The quantitative estimate of drug-likeness (QED) is 0.599. The van der Waals surface area contributed by atoms with E-state index in [1.807, 2.05) is 13.8 Å². The van der Waals surface area contributed by atoms with Crippen molar-refractivity contribution in [3.63, 3.8) is 0 Å². The number of hydrogen-bond donors (Lipinski definition) is 1. The number of nitro benzene ring substituents is 1. The van der Waals surface area contributed by atoms with Crippen LogP contribution in [0.1, 0.15) is 24.1 Å². The molecule has 0 aliphatic carbocycles. The second-order valence-electron chi connectivity index (χ2n) is 4.42. The van der Waals surface area contributed by atoms with Crippen molar-refractivity contribution in [3.05, 3.63) is 54.2 Å². The van der Waals surface area contributed by atoms with Gasteiger partial charge in [-0.25, -0.2) is 0 Å². The number of nitrogens with one attached hydrogen (secondary N) is 1. The van der Waals surface area contributed by atoms with E-state index < -0.39 is 4.92 Å². The molecule has 0 amide bonds. The van der Waals surface area contributed by atoms with Crippen molar-refractivity contribution in [2.75, 3.05) is 5.32 Å². The smallest absolute Gasteiger partial charge is 0.292 e. The average molecular weight is 331 g/mol. The van der Waals surface area contributed by atoms with E-state index in [1.165, 1.54) is 17.4 Å². The summed E-state index contributed by atoms with van der Waals surface area (Å²) in [6.07, 6.45) is 0. The first-order valence-corrected chi connectivity index (χ1v) is 7.42. The van der Waals surface area contributed by atoms with Gasteiger partial charge in [0.25, 0.3) is 5.69 Å². The molecule has 0 aliphatic heterocycles. The summed E-state index contributed by atoms with van der Waals surface area (Å²) >= 11 is 13.3. The summed E-state index contributed by atoms with van der Waals surface area (Å²) in [6.45, 7) is 3.77. The third-order valence-corrected chi connectivity index (χ3v) is 4.39. The predicted octanol–water partition coefficient (Wildman–Crippen LogP) is 5.44. The van der Waals surface area contributed by atoms with Crippen LogP contribution in [0.2, 0.25) is 8.67 Å². The van der Waals surface area contributed by atoms with E-state index in [1.54, 1.807) is 18.2 Å². The van der Waals surface area contributed by atoms with Crippen LogP contribution in [0.5, 0.6) is 0 Å². The van der Waals surface area contributed by atoms with Crippen molar-refractivity contribution in [1.29, 1.82) is 0 Å². The van der Waals surface area contributed by atoms with E-state index >= 15 is 0 Å². The Balaban J connectivity index is 2.32. The molecule has 7 heteroatoms. The Morgan fingerprint density at radius 3 is 2.60 bits per heavy atom. The number of anilines is 1. The normalized spacial score (nSPS) is 12.2. The van der Waals surface area contributed by atoms with Gasteiger partial charge < -0.3 is 5.32 Å². The SMILES string of the molecule is Cc1ccc([N+](=O)[O-])c(NC(C)c2cc(Cl)sc2Cl)c1. The number of hydrogen-bond acceptors (Lipinski definition) is 4. The van der Waals surface area contributed by atoms with Crippen molar-refractivity contribution >= 4 is 45.9 Å². The third kappa shape index (κ3) is 3.23. The highest BCUT2D eigenvalue weighted by Gasteiger charge is 2.18. The first-order chi connectivity index (χ1) is 9.38. The molecule has 2 aromatic rings. The van der Waals surface area contributed by atoms with E-state index in [0.29, 0.717) is 14.4 Å². The summed E-state index contributed by atoms with van der Waals surface area (Å²) < 4.78 is 1.18. The molecule has 1 N–H and O–H groups in total. The zero-order valence-corrected chi connectivity index (χ0v) is 13.1. The molecule has 1 atom stereocenters. The average Bonchev–Trinajstić information content (AvgIpc) is 2.68. The molecule has 4 nitrogen and oxygen atoms in total. The molecule has 0 aliphatic rings. The van der Waals surface area contributed by atoms with E-state index in [0.717, 1.165) is 11.1 Å². The second kappa shape index (κ2) is 5.99. The van der Waals surface area contributed by atoms with Gasteiger partial charge in [-0.3, -0.25) is 10.1 Å². The number of halogens is 2. The Labute approximate surface area is 130 Å². The zero-order valence-electron chi connectivity index (χ0n) is 10.8. The summed E-state index contributed by atoms with van der Waals surface area (Å²) in [5.41, 5.74) is 2.29. The van der Waals surface area contributed by atoms with Crippen molar-refractivity contribution in [1.82, 2.24) is 0 Å². The van der Waals surface area contributed by atoms with E-state index in [9.17, 15) is 10.1 Å². The van der Waals surface area contributed by atoms with Gasteiger partial charge in [-0.2, -0.15) is 0 Å². The third-order valence-electron chi connectivity index (χ3n) is 2.87. The van der Waals surface area contributed by atoms with Crippen LogP contribution >= 0.6 is 34.5 Å². The summed E-state index contributed by atoms with van der Waals surface area (Å²) in [5, 5.41) is 14.2. The van der Waals surface area contributed by atoms with Crippen molar-refractivity contribution < 1.29 is 4.92 Å². The molecule has 1 heterocycles. The maximum atomic E-state index is 11.0. The summed E-state index contributed by atoms with van der Waals surface area (Å²) in [5.74, 6) is 0. The van der Waals surface area contributed by atoms with Gasteiger partial charge in [0.1, 0.15) is 5.69 Å². The molecule has 0 fully saturated rings. The lowest BCUT2D eigenvalue weighted by Gasteiger charge is -2.15. The highest BCUT2D eigenvalue weighted by molar-refractivity contribution is 7.20. The number of thiophene rings is 1. The lowest BCUT2D eigenvalue weighted by atomic mass is 10.1. The van der Waals surface area contributed by atoms with Crippen LogP contribution in [0.3, 0.4) is 0 Å². The predicted molar refractivity (Wildman–Crippen MR) is 84.2 cm³/mol. The van der Waals surface area contributed by atoms with Crippen LogP contribution < -0.4 is 5.32 Å². The topological polar surface area (TPSA) is 55.2 Å². The highest BCUT2D eigenvalue weighted by atomic mass is 35.5. The Kier molecular flexibility index (Phi) is 4.52. The van der Waals surface area contributed by atoms with Gasteiger partial charge >= 0.3 is 0 Å². The number of rotatable bonds is 4. The van der Waals surface area contributed by atoms with Crippen molar-refractivity contribution in [2.24, 2.45) is 0 Å². The van der Waals surface area contributed by atoms with Crippen molar-refractivity contribution in [2.45, 2.75) is 19.9 Å². The Morgan fingerprint density at radius 2 is 2.05 bits per heavy atom. The van der Waals surface area contributed by atoms with Crippen LogP contribution in [-0.2, 0) is 0 Å². The minimum absolute atomic E-state index is 0.0416. The second-order valence-corrected chi connectivity index (χ2v) is 6.71. The lowest BCUT2D eigenvalue weighted by Crippen LogP contribution is -2.08. The molecule has 1 aromatic carbocycles. The molecule has 20 heavy (non-hydrogen) atoms. The maximum Gasteiger partial charge on any atom is 0.292 e. The monoisotopic (exact) mass is 330 g/mol.